The number of aromatic nitrogens is 3. The molecule has 2 fully saturated rings. The zero-order valence-electron chi connectivity index (χ0n) is 15.4. The minimum absolute atomic E-state index is 0.00976. The number of halogens is 3. The van der Waals surface area contributed by atoms with Crippen LogP contribution in [0.5, 0.6) is 0 Å². The van der Waals surface area contributed by atoms with E-state index in [4.69, 9.17) is 9.47 Å². The van der Waals surface area contributed by atoms with Crippen molar-refractivity contribution in [3.63, 3.8) is 0 Å². The van der Waals surface area contributed by atoms with E-state index in [-0.39, 0.29) is 18.8 Å². The van der Waals surface area contributed by atoms with Crippen molar-refractivity contribution in [3.05, 3.63) is 47.3 Å². The summed E-state index contributed by atoms with van der Waals surface area (Å²) in [5.41, 5.74) is 1.04. The predicted octanol–water partition coefficient (Wildman–Crippen LogP) is 2.92. The van der Waals surface area contributed by atoms with Gasteiger partial charge in [0.25, 0.3) is 0 Å². The molecule has 0 bridgehead atoms. The minimum Gasteiger partial charge on any atom is -0.381 e. The Bertz CT molecular complexity index is 772. The van der Waals surface area contributed by atoms with E-state index in [1.165, 1.54) is 12.1 Å². The molecule has 6 nitrogen and oxygen atoms in total. The maximum atomic E-state index is 12.7. The highest BCUT2D eigenvalue weighted by atomic mass is 19.4. The molecule has 2 aromatic rings. The molecule has 1 aromatic heterocycles. The lowest BCUT2D eigenvalue weighted by atomic mass is 9.97. The number of hydrogen-bond acceptors (Lipinski definition) is 5. The molecular weight excluding hydrogens is 373 g/mol. The zero-order chi connectivity index (χ0) is 19.6. The summed E-state index contributed by atoms with van der Waals surface area (Å²) in [5, 5.41) is 11.9. The van der Waals surface area contributed by atoms with Gasteiger partial charge in [-0.2, -0.15) is 13.2 Å². The summed E-state index contributed by atoms with van der Waals surface area (Å²) in [5.74, 6) is 0.378. The summed E-state index contributed by atoms with van der Waals surface area (Å²) in [4.78, 5) is 0. The van der Waals surface area contributed by atoms with Gasteiger partial charge >= 0.3 is 6.18 Å². The van der Waals surface area contributed by atoms with Gasteiger partial charge in [0.15, 0.2) is 0 Å². The highest BCUT2D eigenvalue weighted by Crippen LogP contribution is 2.30. The standard InChI is InChI=1S/C19H23F3N4O2/c20-19(21,22)15-3-1-13(2-4-15)12-28-18-10-23-9-17(18)26-11-16(24-25-26)14-5-7-27-8-6-14/h1-4,11,14,17-18,23H,5-10,12H2/t17-,18-/m1/s1. The molecule has 2 aliphatic rings. The van der Waals surface area contributed by atoms with Gasteiger partial charge in [-0.3, -0.25) is 0 Å². The Morgan fingerprint density at radius 3 is 2.61 bits per heavy atom. The third-order valence-corrected chi connectivity index (χ3v) is 5.38. The summed E-state index contributed by atoms with van der Waals surface area (Å²) in [6.07, 6.45) is -0.547. The molecule has 0 aliphatic carbocycles. The van der Waals surface area contributed by atoms with E-state index in [0.29, 0.717) is 24.6 Å². The van der Waals surface area contributed by atoms with Crippen molar-refractivity contribution in [1.29, 1.82) is 0 Å². The zero-order valence-corrected chi connectivity index (χ0v) is 15.4. The van der Waals surface area contributed by atoms with Crippen LogP contribution < -0.4 is 5.32 Å². The van der Waals surface area contributed by atoms with Crippen LogP contribution >= 0.6 is 0 Å². The maximum Gasteiger partial charge on any atom is 0.416 e. The van der Waals surface area contributed by atoms with Crippen LogP contribution in [0.3, 0.4) is 0 Å². The predicted molar refractivity (Wildman–Crippen MR) is 94.7 cm³/mol. The third-order valence-electron chi connectivity index (χ3n) is 5.38. The summed E-state index contributed by atoms with van der Waals surface area (Å²) in [6.45, 7) is 3.14. The van der Waals surface area contributed by atoms with Gasteiger partial charge in [0.2, 0.25) is 0 Å². The average molecular weight is 396 g/mol. The van der Waals surface area contributed by atoms with Crippen LogP contribution in [0.4, 0.5) is 13.2 Å². The second-order valence-corrected chi connectivity index (χ2v) is 7.28. The quantitative estimate of drug-likeness (QED) is 0.842. The Morgan fingerprint density at radius 1 is 1.14 bits per heavy atom. The van der Waals surface area contributed by atoms with E-state index in [0.717, 1.165) is 43.9 Å². The lowest BCUT2D eigenvalue weighted by molar-refractivity contribution is -0.137. The number of nitrogens with one attached hydrogen (secondary N) is 1. The van der Waals surface area contributed by atoms with E-state index in [9.17, 15) is 13.2 Å². The fourth-order valence-corrected chi connectivity index (χ4v) is 3.70. The number of nitrogens with zero attached hydrogens (tertiary/aromatic N) is 3. The molecule has 2 atom stereocenters. The van der Waals surface area contributed by atoms with Crippen molar-refractivity contribution in [1.82, 2.24) is 20.3 Å². The first-order valence-electron chi connectivity index (χ1n) is 9.48. The molecule has 2 aliphatic heterocycles. The van der Waals surface area contributed by atoms with Crippen LogP contribution in [0, 0.1) is 0 Å². The first-order valence-corrected chi connectivity index (χ1v) is 9.48. The molecule has 0 unspecified atom stereocenters. The SMILES string of the molecule is FC(F)(F)c1ccc(CO[C@@H]2CNC[C@H]2n2cc(C3CCOCC3)nn2)cc1. The van der Waals surface area contributed by atoms with Gasteiger partial charge in [0.05, 0.1) is 30.0 Å². The van der Waals surface area contributed by atoms with Crippen LogP contribution in [0.25, 0.3) is 0 Å². The second-order valence-electron chi connectivity index (χ2n) is 7.28. The van der Waals surface area contributed by atoms with Crippen molar-refractivity contribution in [3.8, 4) is 0 Å². The van der Waals surface area contributed by atoms with Gasteiger partial charge in [0.1, 0.15) is 0 Å². The van der Waals surface area contributed by atoms with Gasteiger partial charge in [-0.1, -0.05) is 17.3 Å². The topological polar surface area (TPSA) is 61.2 Å². The molecule has 1 aromatic carbocycles. The number of rotatable bonds is 5. The van der Waals surface area contributed by atoms with E-state index in [1.54, 1.807) is 0 Å². The molecule has 9 heteroatoms. The molecule has 0 saturated carbocycles. The first kappa shape index (κ1) is 19.4. The Kier molecular flexibility index (Phi) is 5.65. The van der Waals surface area contributed by atoms with Crippen molar-refractivity contribution in [2.75, 3.05) is 26.3 Å². The lowest BCUT2D eigenvalue weighted by Crippen LogP contribution is -2.26. The van der Waals surface area contributed by atoms with Gasteiger partial charge in [-0.25, -0.2) is 4.68 Å². The van der Waals surface area contributed by atoms with Crippen LogP contribution in [0.15, 0.2) is 30.5 Å². The molecule has 4 rings (SSSR count). The molecule has 2 saturated heterocycles. The molecule has 152 valence electrons. The molecule has 28 heavy (non-hydrogen) atoms. The number of benzene rings is 1. The van der Waals surface area contributed by atoms with Crippen molar-refractivity contribution in [2.24, 2.45) is 0 Å². The van der Waals surface area contributed by atoms with Gasteiger partial charge < -0.3 is 14.8 Å². The van der Waals surface area contributed by atoms with Crippen molar-refractivity contribution >= 4 is 0 Å². The maximum absolute atomic E-state index is 12.7. The van der Waals surface area contributed by atoms with Crippen molar-refractivity contribution < 1.29 is 22.6 Å². The van der Waals surface area contributed by atoms with E-state index in [1.807, 2.05) is 10.9 Å². The van der Waals surface area contributed by atoms with Crippen LogP contribution in [-0.2, 0) is 22.3 Å². The van der Waals surface area contributed by atoms with Gasteiger partial charge in [0, 0.05) is 38.4 Å². The minimum atomic E-state index is -4.32. The number of hydrogen-bond donors (Lipinski definition) is 1. The normalized spacial score (nSPS) is 24.0. The fraction of sp³-hybridized carbons (Fsp3) is 0.579. The monoisotopic (exact) mass is 396 g/mol. The van der Waals surface area contributed by atoms with Crippen molar-refractivity contribution in [2.45, 2.75) is 43.7 Å². The molecule has 3 heterocycles. The highest BCUT2D eigenvalue weighted by molar-refractivity contribution is 5.24. The van der Waals surface area contributed by atoms with Crippen LogP contribution in [-0.4, -0.2) is 47.4 Å². The summed E-state index contributed by atoms with van der Waals surface area (Å²) in [7, 11) is 0. The van der Waals surface area contributed by atoms with Crippen LogP contribution in [0.2, 0.25) is 0 Å². The Hall–Kier alpha value is -1.97. The fourth-order valence-electron chi connectivity index (χ4n) is 3.70. The van der Waals surface area contributed by atoms with E-state index >= 15 is 0 Å². The summed E-state index contributed by atoms with van der Waals surface area (Å²) >= 11 is 0. The molecule has 0 spiro atoms. The number of ether oxygens (including phenoxy) is 2. The van der Waals surface area contributed by atoms with E-state index < -0.39 is 11.7 Å². The second kappa shape index (κ2) is 8.18. The Morgan fingerprint density at radius 2 is 1.89 bits per heavy atom. The Labute approximate surface area is 161 Å². The van der Waals surface area contributed by atoms with E-state index in [2.05, 4.69) is 15.6 Å². The molecule has 1 N–H and O–H groups in total. The molecule has 0 radical (unpaired) electrons. The Balaban J connectivity index is 1.37. The highest BCUT2D eigenvalue weighted by Gasteiger charge is 2.32. The smallest absolute Gasteiger partial charge is 0.381 e. The summed E-state index contributed by atoms with van der Waals surface area (Å²) in [6, 6.07) is 5.09. The van der Waals surface area contributed by atoms with Crippen LogP contribution in [0.1, 0.15) is 41.6 Å². The largest absolute Gasteiger partial charge is 0.416 e. The number of alkyl halides is 3. The molecule has 0 amide bonds. The van der Waals surface area contributed by atoms with Gasteiger partial charge in [-0.05, 0) is 30.5 Å². The first-order chi connectivity index (χ1) is 13.5. The third kappa shape index (κ3) is 4.37. The molecular formula is C19H23F3N4O2. The summed E-state index contributed by atoms with van der Waals surface area (Å²) < 4.78 is 51.2. The van der Waals surface area contributed by atoms with Gasteiger partial charge in [-0.15, -0.1) is 5.10 Å². The lowest BCUT2D eigenvalue weighted by Gasteiger charge is -2.20. The average Bonchev–Trinajstić information content (AvgIpc) is 3.36.